The standard InChI is InChI=1S/C19H24N2O3S/c1-16-5-3-4-6-17(16)15-20-11-13-21(14-12-20)25(22,23)19-9-7-18(24-2)8-10-19/h3-10H,11-15H2,1-2H3. The van der Waals surface area contributed by atoms with Crippen molar-refractivity contribution in [2.45, 2.75) is 18.4 Å². The van der Waals surface area contributed by atoms with Crippen LogP contribution in [0.4, 0.5) is 0 Å². The minimum Gasteiger partial charge on any atom is -0.497 e. The third-order valence-corrected chi connectivity index (χ3v) is 6.60. The Morgan fingerprint density at radius 3 is 2.20 bits per heavy atom. The van der Waals surface area contributed by atoms with Gasteiger partial charge in [-0.05, 0) is 42.3 Å². The second-order valence-corrected chi connectivity index (χ2v) is 8.22. The number of nitrogens with zero attached hydrogens (tertiary/aromatic N) is 2. The van der Waals surface area contributed by atoms with Crippen LogP contribution in [0.1, 0.15) is 11.1 Å². The molecule has 0 N–H and O–H groups in total. The van der Waals surface area contributed by atoms with Crippen LogP contribution in [0.2, 0.25) is 0 Å². The monoisotopic (exact) mass is 360 g/mol. The van der Waals surface area contributed by atoms with Crippen LogP contribution in [-0.4, -0.2) is 50.9 Å². The number of hydrogen-bond donors (Lipinski definition) is 0. The number of benzene rings is 2. The maximum Gasteiger partial charge on any atom is 0.243 e. The molecule has 1 fully saturated rings. The van der Waals surface area contributed by atoms with Crippen molar-refractivity contribution in [3.63, 3.8) is 0 Å². The normalized spacial score (nSPS) is 16.7. The highest BCUT2D eigenvalue weighted by atomic mass is 32.2. The number of ether oxygens (including phenoxy) is 1. The average Bonchev–Trinajstić information content (AvgIpc) is 2.64. The topological polar surface area (TPSA) is 49.9 Å². The van der Waals surface area contributed by atoms with Gasteiger partial charge in [-0.2, -0.15) is 4.31 Å². The van der Waals surface area contributed by atoms with Crippen LogP contribution in [-0.2, 0) is 16.6 Å². The van der Waals surface area contributed by atoms with Gasteiger partial charge < -0.3 is 4.74 Å². The summed E-state index contributed by atoms with van der Waals surface area (Å²) in [5, 5.41) is 0. The van der Waals surface area contributed by atoms with Crippen molar-refractivity contribution >= 4 is 10.0 Å². The van der Waals surface area contributed by atoms with Crippen molar-refractivity contribution < 1.29 is 13.2 Å². The lowest BCUT2D eigenvalue weighted by atomic mass is 10.1. The van der Waals surface area contributed by atoms with E-state index >= 15 is 0 Å². The molecule has 1 heterocycles. The van der Waals surface area contributed by atoms with Crippen LogP contribution in [0, 0.1) is 6.92 Å². The molecule has 25 heavy (non-hydrogen) atoms. The second-order valence-electron chi connectivity index (χ2n) is 6.28. The average molecular weight is 360 g/mol. The molecule has 0 saturated carbocycles. The number of rotatable bonds is 5. The maximum atomic E-state index is 12.8. The van der Waals surface area contributed by atoms with Crippen LogP contribution in [0.3, 0.4) is 0 Å². The van der Waals surface area contributed by atoms with Crippen LogP contribution in [0.25, 0.3) is 0 Å². The van der Waals surface area contributed by atoms with E-state index in [-0.39, 0.29) is 0 Å². The molecule has 1 aliphatic rings. The molecule has 0 atom stereocenters. The number of methoxy groups -OCH3 is 1. The smallest absolute Gasteiger partial charge is 0.243 e. The van der Waals surface area contributed by atoms with Crippen molar-refractivity contribution in [3.8, 4) is 5.75 Å². The van der Waals surface area contributed by atoms with E-state index in [0.29, 0.717) is 23.7 Å². The first-order valence-corrected chi connectivity index (χ1v) is 9.86. The van der Waals surface area contributed by atoms with Crippen molar-refractivity contribution in [1.82, 2.24) is 9.21 Å². The van der Waals surface area contributed by atoms with Crippen molar-refractivity contribution in [3.05, 3.63) is 59.7 Å². The first kappa shape index (κ1) is 17.9. The first-order valence-electron chi connectivity index (χ1n) is 8.42. The molecule has 2 aromatic rings. The Hall–Kier alpha value is -1.89. The zero-order valence-corrected chi connectivity index (χ0v) is 15.5. The molecule has 134 valence electrons. The van der Waals surface area contributed by atoms with Gasteiger partial charge in [0.2, 0.25) is 10.0 Å². The van der Waals surface area contributed by atoms with Gasteiger partial charge in [0.25, 0.3) is 0 Å². The maximum absolute atomic E-state index is 12.8. The fraction of sp³-hybridized carbons (Fsp3) is 0.368. The lowest BCUT2D eigenvalue weighted by Crippen LogP contribution is -2.48. The zero-order chi connectivity index (χ0) is 17.9. The second kappa shape index (κ2) is 7.56. The van der Waals surface area contributed by atoms with Gasteiger partial charge in [-0.3, -0.25) is 4.90 Å². The molecule has 5 nitrogen and oxygen atoms in total. The molecule has 0 bridgehead atoms. The number of aryl methyl sites for hydroxylation is 1. The third-order valence-electron chi connectivity index (χ3n) is 4.68. The summed E-state index contributed by atoms with van der Waals surface area (Å²) in [5.74, 6) is 0.655. The van der Waals surface area contributed by atoms with Crippen molar-refractivity contribution in [2.24, 2.45) is 0 Å². The molecule has 1 aliphatic heterocycles. The minimum absolute atomic E-state index is 0.320. The summed E-state index contributed by atoms with van der Waals surface area (Å²) in [6, 6.07) is 14.9. The molecule has 1 saturated heterocycles. The van der Waals surface area contributed by atoms with E-state index in [4.69, 9.17) is 4.74 Å². The molecular weight excluding hydrogens is 336 g/mol. The highest BCUT2D eigenvalue weighted by Gasteiger charge is 2.28. The Morgan fingerprint density at radius 1 is 0.960 bits per heavy atom. The van der Waals surface area contributed by atoms with Gasteiger partial charge >= 0.3 is 0 Å². The molecule has 0 aromatic heterocycles. The van der Waals surface area contributed by atoms with Gasteiger partial charge in [0.1, 0.15) is 5.75 Å². The summed E-state index contributed by atoms with van der Waals surface area (Å²) >= 11 is 0. The van der Waals surface area contributed by atoms with Gasteiger partial charge in [-0.25, -0.2) is 8.42 Å². The fourth-order valence-electron chi connectivity index (χ4n) is 3.05. The molecule has 0 amide bonds. The highest BCUT2D eigenvalue weighted by Crippen LogP contribution is 2.21. The number of piperazine rings is 1. The fourth-order valence-corrected chi connectivity index (χ4v) is 4.48. The van der Waals surface area contributed by atoms with E-state index in [0.717, 1.165) is 19.6 Å². The third kappa shape index (κ3) is 4.03. The Bertz CT molecular complexity index is 811. The summed E-state index contributed by atoms with van der Waals surface area (Å²) in [7, 11) is -1.87. The lowest BCUT2D eigenvalue weighted by Gasteiger charge is -2.34. The van der Waals surface area contributed by atoms with Crippen LogP contribution in [0.5, 0.6) is 5.75 Å². The van der Waals surface area contributed by atoms with Gasteiger partial charge in [-0.15, -0.1) is 0 Å². The molecule has 0 spiro atoms. The van der Waals surface area contributed by atoms with E-state index in [1.54, 1.807) is 35.7 Å². The summed E-state index contributed by atoms with van der Waals surface area (Å²) < 4.78 is 32.2. The summed E-state index contributed by atoms with van der Waals surface area (Å²) in [6.45, 7) is 5.48. The molecule has 0 unspecified atom stereocenters. The van der Waals surface area contributed by atoms with Gasteiger partial charge in [0.05, 0.1) is 12.0 Å². The van der Waals surface area contributed by atoms with Crippen LogP contribution < -0.4 is 4.74 Å². The molecule has 3 rings (SSSR count). The largest absolute Gasteiger partial charge is 0.497 e. The predicted octanol–water partition coefficient (Wildman–Crippen LogP) is 2.51. The quantitative estimate of drug-likeness (QED) is 0.822. The van der Waals surface area contributed by atoms with Gasteiger partial charge in [0.15, 0.2) is 0 Å². The van der Waals surface area contributed by atoms with E-state index in [1.165, 1.54) is 11.1 Å². The summed E-state index contributed by atoms with van der Waals surface area (Å²) in [6.07, 6.45) is 0. The summed E-state index contributed by atoms with van der Waals surface area (Å²) in [5.41, 5.74) is 2.57. The van der Waals surface area contributed by atoms with Crippen LogP contribution >= 0.6 is 0 Å². The van der Waals surface area contributed by atoms with Crippen molar-refractivity contribution in [2.75, 3.05) is 33.3 Å². The van der Waals surface area contributed by atoms with E-state index in [2.05, 4.69) is 24.0 Å². The Kier molecular flexibility index (Phi) is 5.42. The lowest BCUT2D eigenvalue weighted by molar-refractivity contribution is 0.181. The van der Waals surface area contributed by atoms with E-state index in [9.17, 15) is 8.42 Å². The predicted molar refractivity (Wildman–Crippen MR) is 98.2 cm³/mol. The minimum atomic E-state index is -3.44. The van der Waals surface area contributed by atoms with Gasteiger partial charge in [-0.1, -0.05) is 24.3 Å². The summed E-state index contributed by atoms with van der Waals surface area (Å²) in [4.78, 5) is 2.63. The van der Waals surface area contributed by atoms with Crippen LogP contribution in [0.15, 0.2) is 53.4 Å². The molecular formula is C19H24N2O3S. The number of sulfonamides is 1. The zero-order valence-electron chi connectivity index (χ0n) is 14.7. The molecule has 0 aliphatic carbocycles. The van der Waals surface area contributed by atoms with Crippen molar-refractivity contribution in [1.29, 1.82) is 0 Å². The Labute approximate surface area is 149 Å². The SMILES string of the molecule is COc1ccc(S(=O)(=O)N2CCN(Cc3ccccc3C)CC2)cc1. The first-order chi connectivity index (χ1) is 12.0. The molecule has 2 aromatic carbocycles. The Morgan fingerprint density at radius 2 is 1.60 bits per heavy atom. The van der Waals surface area contributed by atoms with Gasteiger partial charge in [0, 0.05) is 32.7 Å². The highest BCUT2D eigenvalue weighted by molar-refractivity contribution is 7.89. The number of hydrogen-bond acceptors (Lipinski definition) is 4. The molecule has 6 heteroatoms. The van der Waals surface area contributed by atoms with E-state index < -0.39 is 10.0 Å². The Balaban J connectivity index is 1.64. The van der Waals surface area contributed by atoms with E-state index in [1.807, 2.05) is 12.1 Å². The molecule has 0 radical (unpaired) electrons.